The van der Waals surface area contributed by atoms with Crippen molar-refractivity contribution in [1.82, 2.24) is 0 Å². The van der Waals surface area contributed by atoms with Crippen LogP contribution in [0.1, 0.15) is 24.8 Å². The van der Waals surface area contributed by atoms with Crippen LogP contribution < -0.4 is 10.5 Å². The second-order valence-corrected chi connectivity index (χ2v) is 4.93. The lowest BCUT2D eigenvalue weighted by molar-refractivity contribution is 0.0181. The molecule has 1 fully saturated rings. The predicted octanol–water partition coefficient (Wildman–Crippen LogP) is 1.73. The highest BCUT2D eigenvalue weighted by atomic mass is 16.5. The fraction of sp³-hybridized carbons (Fsp3) is 0.571. The van der Waals surface area contributed by atoms with Gasteiger partial charge in [0.05, 0.1) is 12.7 Å². The van der Waals surface area contributed by atoms with Gasteiger partial charge in [0.2, 0.25) is 0 Å². The zero-order chi connectivity index (χ0) is 12.3. The molecule has 1 unspecified atom stereocenters. The second kappa shape index (κ2) is 5.07. The molecule has 1 aliphatic carbocycles. The summed E-state index contributed by atoms with van der Waals surface area (Å²) >= 11 is 0. The molecule has 0 saturated heterocycles. The van der Waals surface area contributed by atoms with Crippen molar-refractivity contribution in [2.45, 2.75) is 31.3 Å². The fourth-order valence-electron chi connectivity index (χ4n) is 2.25. The minimum atomic E-state index is -0.653. The van der Waals surface area contributed by atoms with Crippen molar-refractivity contribution in [3.63, 3.8) is 0 Å². The highest BCUT2D eigenvalue weighted by molar-refractivity contribution is 5.27. The third-order valence-corrected chi connectivity index (χ3v) is 3.70. The van der Waals surface area contributed by atoms with E-state index in [1.54, 1.807) is 7.11 Å². The molecule has 0 spiro atoms. The number of nitrogens with two attached hydrogens (primary N) is 1. The molecule has 0 aromatic heterocycles. The topological polar surface area (TPSA) is 55.5 Å². The summed E-state index contributed by atoms with van der Waals surface area (Å²) in [5, 5.41) is 10.4. The van der Waals surface area contributed by atoms with Gasteiger partial charge in [-0.3, -0.25) is 0 Å². The van der Waals surface area contributed by atoms with Crippen LogP contribution in [0.15, 0.2) is 24.3 Å². The molecule has 1 aromatic rings. The average molecular weight is 235 g/mol. The Morgan fingerprint density at radius 1 is 1.35 bits per heavy atom. The number of hydrogen-bond donors (Lipinski definition) is 2. The first kappa shape index (κ1) is 12.4. The molecular formula is C14H21NO2. The standard InChI is InChI=1S/C14H21NO2/c1-17-13-6-2-11(3-7-13)8-9-14(16,10-15)12-4-5-12/h2-3,6-7,12,16H,4-5,8-10,15H2,1H3. The molecule has 0 bridgehead atoms. The Labute approximate surface area is 103 Å². The lowest BCUT2D eigenvalue weighted by atomic mass is 9.90. The monoisotopic (exact) mass is 235 g/mol. The van der Waals surface area contributed by atoms with E-state index in [9.17, 15) is 5.11 Å². The summed E-state index contributed by atoms with van der Waals surface area (Å²) in [7, 11) is 1.66. The Balaban J connectivity index is 1.91. The van der Waals surface area contributed by atoms with Crippen LogP contribution in [0.2, 0.25) is 0 Å². The molecule has 94 valence electrons. The predicted molar refractivity (Wildman–Crippen MR) is 68.0 cm³/mol. The first-order chi connectivity index (χ1) is 8.18. The third-order valence-electron chi connectivity index (χ3n) is 3.70. The van der Waals surface area contributed by atoms with Crippen LogP contribution in [0, 0.1) is 5.92 Å². The van der Waals surface area contributed by atoms with Crippen molar-refractivity contribution in [1.29, 1.82) is 0 Å². The van der Waals surface area contributed by atoms with E-state index in [4.69, 9.17) is 10.5 Å². The average Bonchev–Trinajstić information content (AvgIpc) is 3.21. The molecule has 1 atom stereocenters. The van der Waals surface area contributed by atoms with Crippen molar-refractivity contribution >= 4 is 0 Å². The maximum Gasteiger partial charge on any atom is 0.118 e. The summed E-state index contributed by atoms with van der Waals surface area (Å²) in [6, 6.07) is 7.99. The number of aryl methyl sites for hydroxylation is 1. The van der Waals surface area contributed by atoms with E-state index in [1.807, 2.05) is 24.3 Å². The SMILES string of the molecule is COc1ccc(CCC(O)(CN)C2CC2)cc1. The Kier molecular flexibility index (Phi) is 3.69. The summed E-state index contributed by atoms with van der Waals surface area (Å²) in [6.45, 7) is 0.369. The Hall–Kier alpha value is -1.06. The molecule has 0 radical (unpaired) electrons. The molecule has 3 N–H and O–H groups in total. The number of ether oxygens (including phenoxy) is 1. The van der Waals surface area contributed by atoms with Gasteiger partial charge >= 0.3 is 0 Å². The summed E-state index contributed by atoms with van der Waals surface area (Å²) in [4.78, 5) is 0. The molecule has 1 aromatic carbocycles. The van der Waals surface area contributed by atoms with Crippen LogP contribution in [0.3, 0.4) is 0 Å². The van der Waals surface area contributed by atoms with E-state index in [0.717, 1.165) is 31.4 Å². The van der Waals surface area contributed by atoms with E-state index >= 15 is 0 Å². The van der Waals surface area contributed by atoms with Gasteiger partial charge < -0.3 is 15.6 Å². The lowest BCUT2D eigenvalue weighted by Crippen LogP contribution is -2.40. The summed E-state index contributed by atoms with van der Waals surface area (Å²) in [6.07, 6.45) is 3.86. The molecule has 0 heterocycles. The van der Waals surface area contributed by atoms with Gasteiger partial charge in [0, 0.05) is 6.54 Å². The first-order valence-corrected chi connectivity index (χ1v) is 6.23. The van der Waals surface area contributed by atoms with E-state index in [0.29, 0.717) is 12.5 Å². The maximum atomic E-state index is 10.4. The molecule has 0 amide bonds. The first-order valence-electron chi connectivity index (χ1n) is 6.23. The molecule has 2 rings (SSSR count). The molecular weight excluding hydrogens is 214 g/mol. The second-order valence-electron chi connectivity index (χ2n) is 4.93. The van der Waals surface area contributed by atoms with Crippen molar-refractivity contribution in [3.05, 3.63) is 29.8 Å². The number of methoxy groups -OCH3 is 1. The number of benzene rings is 1. The van der Waals surface area contributed by atoms with E-state index in [-0.39, 0.29) is 0 Å². The van der Waals surface area contributed by atoms with Crippen LogP contribution in [-0.4, -0.2) is 24.4 Å². The number of rotatable bonds is 6. The maximum absolute atomic E-state index is 10.4. The quantitative estimate of drug-likeness (QED) is 0.789. The van der Waals surface area contributed by atoms with Gasteiger partial charge in [0.25, 0.3) is 0 Å². The van der Waals surface area contributed by atoms with E-state index in [2.05, 4.69) is 0 Å². The van der Waals surface area contributed by atoms with E-state index in [1.165, 1.54) is 5.56 Å². The van der Waals surface area contributed by atoms with Gasteiger partial charge in [0.1, 0.15) is 5.75 Å². The molecule has 3 nitrogen and oxygen atoms in total. The number of aliphatic hydroxyl groups is 1. The lowest BCUT2D eigenvalue weighted by Gasteiger charge is -2.26. The summed E-state index contributed by atoms with van der Waals surface area (Å²) in [5.41, 5.74) is 6.26. The minimum absolute atomic E-state index is 0.369. The molecule has 17 heavy (non-hydrogen) atoms. The van der Waals surface area contributed by atoms with Gasteiger partial charge in [-0.2, -0.15) is 0 Å². The van der Waals surface area contributed by atoms with Crippen molar-refractivity contribution in [2.75, 3.05) is 13.7 Å². The van der Waals surface area contributed by atoms with Crippen LogP contribution in [0.25, 0.3) is 0 Å². The minimum Gasteiger partial charge on any atom is -0.497 e. The summed E-state index contributed by atoms with van der Waals surface area (Å²) in [5.74, 6) is 1.29. The zero-order valence-electron chi connectivity index (χ0n) is 10.4. The van der Waals surface area contributed by atoms with Crippen LogP contribution in [0.5, 0.6) is 5.75 Å². The van der Waals surface area contributed by atoms with Crippen LogP contribution in [0.4, 0.5) is 0 Å². The highest BCUT2D eigenvalue weighted by Gasteiger charge is 2.42. The Bertz CT molecular complexity index is 359. The number of hydrogen-bond acceptors (Lipinski definition) is 3. The van der Waals surface area contributed by atoms with Gasteiger partial charge in [0.15, 0.2) is 0 Å². The van der Waals surface area contributed by atoms with E-state index < -0.39 is 5.60 Å². The highest BCUT2D eigenvalue weighted by Crippen LogP contribution is 2.41. The van der Waals surface area contributed by atoms with Gasteiger partial charge in [-0.15, -0.1) is 0 Å². The molecule has 3 heteroatoms. The van der Waals surface area contributed by atoms with Crippen molar-refractivity contribution < 1.29 is 9.84 Å². The summed E-state index contributed by atoms with van der Waals surface area (Å²) < 4.78 is 5.11. The zero-order valence-corrected chi connectivity index (χ0v) is 10.4. The smallest absolute Gasteiger partial charge is 0.118 e. The van der Waals surface area contributed by atoms with Crippen LogP contribution in [-0.2, 0) is 6.42 Å². The fourth-order valence-corrected chi connectivity index (χ4v) is 2.25. The van der Waals surface area contributed by atoms with Crippen LogP contribution >= 0.6 is 0 Å². The molecule has 1 aliphatic rings. The van der Waals surface area contributed by atoms with Gasteiger partial charge in [-0.05, 0) is 49.3 Å². The molecule has 0 aliphatic heterocycles. The third kappa shape index (κ3) is 2.99. The van der Waals surface area contributed by atoms with Gasteiger partial charge in [-0.25, -0.2) is 0 Å². The van der Waals surface area contributed by atoms with Gasteiger partial charge in [-0.1, -0.05) is 12.1 Å². The molecule has 1 saturated carbocycles. The van der Waals surface area contributed by atoms with Crippen molar-refractivity contribution in [2.24, 2.45) is 11.7 Å². The normalized spacial score (nSPS) is 18.8. The Morgan fingerprint density at radius 3 is 2.47 bits per heavy atom. The Morgan fingerprint density at radius 2 is 2.00 bits per heavy atom. The largest absolute Gasteiger partial charge is 0.497 e. The van der Waals surface area contributed by atoms with Crippen molar-refractivity contribution in [3.8, 4) is 5.75 Å².